The zero-order valence-corrected chi connectivity index (χ0v) is 12.7. The molecule has 0 unspecified atom stereocenters. The van der Waals surface area contributed by atoms with Crippen LogP contribution in [0.5, 0.6) is 5.75 Å². The molecule has 20 heavy (non-hydrogen) atoms. The van der Waals surface area contributed by atoms with Crippen molar-refractivity contribution in [2.75, 3.05) is 18.7 Å². The Kier molecular flexibility index (Phi) is 4.26. The van der Waals surface area contributed by atoms with Crippen molar-refractivity contribution in [2.24, 2.45) is 0 Å². The Labute approximate surface area is 121 Å². The molecule has 1 saturated heterocycles. The highest BCUT2D eigenvalue weighted by molar-refractivity contribution is 8.00. The molecule has 2 rings (SSSR count). The van der Waals surface area contributed by atoms with Crippen LogP contribution in [0.15, 0.2) is 23.1 Å². The molecule has 1 atom stereocenters. The first kappa shape index (κ1) is 15.1. The van der Waals surface area contributed by atoms with E-state index >= 15 is 0 Å². The number of carboxylic acid groups (broad SMARTS) is 1. The third-order valence-electron chi connectivity index (χ3n) is 3.03. The number of hydrogen-bond acceptors (Lipinski definition) is 5. The molecule has 0 spiro atoms. The van der Waals surface area contributed by atoms with Gasteiger partial charge in [-0.05, 0) is 24.6 Å². The van der Waals surface area contributed by atoms with Crippen molar-refractivity contribution in [2.45, 2.75) is 17.9 Å². The molecule has 0 radical (unpaired) electrons. The number of hydrogen-bond donors (Lipinski definition) is 1. The first-order valence-corrected chi connectivity index (χ1v) is 8.44. The van der Waals surface area contributed by atoms with Gasteiger partial charge in [-0.3, -0.25) is 4.79 Å². The lowest BCUT2D eigenvalue weighted by Crippen LogP contribution is -2.41. The van der Waals surface area contributed by atoms with Gasteiger partial charge < -0.3 is 9.84 Å². The Hall–Kier alpha value is -1.25. The number of aryl methyl sites for hydroxylation is 1. The van der Waals surface area contributed by atoms with Crippen molar-refractivity contribution in [1.29, 1.82) is 0 Å². The van der Waals surface area contributed by atoms with Gasteiger partial charge in [0.05, 0.1) is 13.0 Å². The Morgan fingerprint density at radius 1 is 1.50 bits per heavy atom. The van der Waals surface area contributed by atoms with Gasteiger partial charge in [-0.2, -0.15) is 4.31 Å². The van der Waals surface area contributed by atoms with Crippen LogP contribution in [-0.2, 0) is 14.8 Å². The number of methoxy groups -OCH3 is 1. The van der Waals surface area contributed by atoms with Crippen molar-refractivity contribution in [3.05, 3.63) is 23.8 Å². The van der Waals surface area contributed by atoms with Gasteiger partial charge in [0.15, 0.2) is 0 Å². The Balaban J connectivity index is 2.50. The summed E-state index contributed by atoms with van der Waals surface area (Å²) in [6.45, 7) is 1.77. The standard InChI is InChI=1S/C12H15NO5S2/c1-8-3-4-10(18-2)11(5-8)20(16,17)13-7-19-6-9(13)12(14)15/h3-5,9H,6-7H2,1-2H3,(H,14,15)/t9-/m0/s1. The molecule has 8 heteroatoms. The minimum atomic E-state index is -3.89. The summed E-state index contributed by atoms with van der Waals surface area (Å²) in [4.78, 5) is 11.2. The molecule has 1 aliphatic heterocycles. The lowest BCUT2D eigenvalue weighted by atomic mass is 10.2. The molecule has 1 fully saturated rings. The van der Waals surface area contributed by atoms with E-state index in [0.717, 1.165) is 9.87 Å². The maximum absolute atomic E-state index is 12.7. The number of carbonyl (C=O) groups is 1. The normalized spacial score (nSPS) is 20.0. The Morgan fingerprint density at radius 2 is 2.20 bits per heavy atom. The van der Waals surface area contributed by atoms with Gasteiger partial charge in [-0.25, -0.2) is 8.42 Å². The summed E-state index contributed by atoms with van der Waals surface area (Å²) in [6, 6.07) is 3.78. The maximum Gasteiger partial charge on any atom is 0.322 e. The predicted octanol–water partition coefficient (Wildman–Crippen LogP) is 1.15. The van der Waals surface area contributed by atoms with Crippen LogP contribution in [0, 0.1) is 6.92 Å². The molecule has 1 aromatic carbocycles. The molecule has 0 bridgehead atoms. The van der Waals surface area contributed by atoms with Crippen molar-refractivity contribution >= 4 is 27.8 Å². The fourth-order valence-electron chi connectivity index (χ4n) is 1.97. The van der Waals surface area contributed by atoms with E-state index in [1.807, 2.05) is 0 Å². The van der Waals surface area contributed by atoms with Gasteiger partial charge in [0.2, 0.25) is 10.0 Å². The monoisotopic (exact) mass is 317 g/mol. The second-order valence-electron chi connectivity index (χ2n) is 4.40. The van der Waals surface area contributed by atoms with Crippen LogP contribution in [0.25, 0.3) is 0 Å². The second kappa shape index (κ2) is 5.63. The summed E-state index contributed by atoms with van der Waals surface area (Å²) in [7, 11) is -2.51. The van der Waals surface area contributed by atoms with Crippen LogP contribution in [0.2, 0.25) is 0 Å². The Morgan fingerprint density at radius 3 is 2.80 bits per heavy atom. The molecule has 0 aliphatic carbocycles. The lowest BCUT2D eigenvalue weighted by molar-refractivity contribution is -0.140. The number of benzene rings is 1. The Bertz CT molecular complexity index is 629. The quantitative estimate of drug-likeness (QED) is 0.897. The molecule has 1 aromatic rings. The molecule has 0 aromatic heterocycles. The van der Waals surface area contributed by atoms with E-state index < -0.39 is 22.0 Å². The molecule has 0 amide bonds. The number of ether oxygens (including phenoxy) is 1. The topological polar surface area (TPSA) is 83.9 Å². The van der Waals surface area contributed by atoms with E-state index in [4.69, 9.17) is 9.84 Å². The van der Waals surface area contributed by atoms with Gasteiger partial charge in [0.25, 0.3) is 0 Å². The summed E-state index contributed by atoms with van der Waals surface area (Å²) in [5.41, 5.74) is 0.767. The third-order valence-corrected chi connectivity index (χ3v) is 6.08. The summed E-state index contributed by atoms with van der Waals surface area (Å²) in [5.74, 6) is -0.527. The number of thioether (sulfide) groups is 1. The number of sulfonamides is 1. The van der Waals surface area contributed by atoms with Crippen LogP contribution in [0.1, 0.15) is 5.56 Å². The minimum absolute atomic E-state index is 0.00810. The molecular formula is C12H15NO5S2. The fraction of sp³-hybridized carbons (Fsp3) is 0.417. The van der Waals surface area contributed by atoms with Gasteiger partial charge in [0.1, 0.15) is 16.7 Å². The minimum Gasteiger partial charge on any atom is -0.495 e. The van der Waals surface area contributed by atoms with Gasteiger partial charge in [-0.1, -0.05) is 6.07 Å². The van der Waals surface area contributed by atoms with Crippen molar-refractivity contribution in [3.63, 3.8) is 0 Å². The highest BCUT2D eigenvalue weighted by atomic mass is 32.2. The van der Waals surface area contributed by atoms with E-state index in [0.29, 0.717) is 0 Å². The second-order valence-corrected chi connectivity index (χ2v) is 7.26. The molecule has 110 valence electrons. The highest BCUT2D eigenvalue weighted by Crippen LogP contribution is 2.33. The fourth-order valence-corrected chi connectivity index (χ4v) is 5.35. The first-order valence-electron chi connectivity index (χ1n) is 5.85. The molecule has 0 saturated carbocycles. The number of nitrogens with zero attached hydrogens (tertiary/aromatic N) is 1. The molecule has 1 heterocycles. The number of rotatable bonds is 4. The highest BCUT2D eigenvalue weighted by Gasteiger charge is 2.41. The van der Waals surface area contributed by atoms with Gasteiger partial charge >= 0.3 is 5.97 Å². The van der Waals surface area contributed by atoms with Crippen LogP contribution in [-0.4, -0.2) is 48.6 Å². The van der Waals surface area contributed by atoms with Crippen LogP contribution in [0.3, 0.4) is 0 Å². The van der Waals surface area contributed by atoms with E-state index in [-0.39, 0.29) is 22.3 Å². The maximum atomic E-state index is 12.7. The molecule has 6 nitrogen and oxygen atoms in total. The zero-order chi connectivity index (χ0) is 14.9. The summed E-state index contributed by atoms with van der Waals surface area (Å²) in [6.07, 6.45) is 0. The van der Waals surface area contributed by atoms with Crippen molar-refractivity contribution in [3.8, 4) is 5.75 Å². The van der Waals surface area contributed by atoms with Gasteiger partial charge in [0, 0.05) is 5.75 Å². The van der Waals surface area contributed by atoms with E-state index in [1.165, 1.54) is 24.9 Å². The van der Waals surface area contributed by atoms with Gasteiger partial charge in [-0.15, -0.1) is 11.8 Å². The average Bonchev–Trinajstić information content (AvgIpc) is 2.88. The van der Waals surface area contributed by atoms with Crippen LogP contribution in [0.4, 0.5) is 0 Å². The first-order chi connectivity index (χ1) is 9.37. The van der Waals surface area contributed by atoms with E-state index in [9.17, 15) is 13.2 Å². The predicted molar refractivity (Wildman–Crippen MR) is 75.5 cm³/mol. The van der Waals surface area contributed by atoms with Crippen LogP contribution >= 0.6 is 11.8 Å². The molecule has 1 N–H and O–H groups in total. The van der Waals surface area contributed by atoms with E-state index in [1.54, 1.807) is 19.1 Å². The van der Waals surface area contributed by atoms with Crippen LogP contribution < -0.4 is 4.74 Å². The smallest absolute Gasteiger partial charge is 0.322 e. The van der Waals surface area contributed by atoms with Crippen molar-refractivity contribution in [1.82, 2.24) is 4.31 Å². The summed E-state index contributed by atoms with van der Waals surface area (Å²) >= 11 is 1.28. The lowest BCUT2D eigenvalue weighted by Gasteiger charge is -2.21. The average molecular weight is 317 g/mol. The number of carboxylic acids is 1. The van der Waals surface area contributed by atoms with E-state index in [2.05, 4.69) is 0 Å². The van der Waals surface area contributed by atoms with Crippen molar-refractivity contribution < 1.29 is 23.1 Å². The number of aliphatic carboxylic acids is 1. The SMILES string of the molecule is COc1ccc(C)cc1S(=O)(=O)N1CSC[C@H]1C(=O)O. The zero-order valence-electron chi connectivity index (χ0n) is 11.1. The summed E-state index contributed by atoms with van der Waals surface area (Å²) < 4.78 is 31.4. The third kappa shape index (κ3) is 2.63. The summed E-state index contributed by atoms with van der Waals surface area (Å²) in [5, 5.41) is 9.12. The molecule has 1 aliphatic rings. The molecular weight excluding hydrogens is 302 g/mol. The largest absolute Gasteiger partial charge is 0.495 e.